The Bertz CT molecular complexity index is 394. The van der Waals surface area contributed by atoms with Crippen LogP contribution < -0.4 is 15.8 Å². The molecule has 0 amide bonds. The third kappa shape index (κ3) is 2.14. The zero-order valence-electron chi connectivity index (χ0n) is 8.10. The molecule has 0 aliphatic carbocycles. The summed E-state index contributed by atoms with van der Waals surface area (Å²) in [6.07, 6.45) is 2.30. The van der Waals surface area contributed by atoms with Crippen LogP contribution in [-0.4, -0.2) is 29.2 Å². The summed E-state index contributed by atoms with van der Waals surface area (Å²) < 4.78 is 5.54. The summed E-state index contributed by atoms with van der Waals surface area (Å²) in [7, 11) is 0. The van der Waals surface area contributed by atoms with Gasteiger partial charge in [0.15, 0.2) is 0 Å². The number of nitrogens with one attached hydrogen (secondary N) is 1. The quantitative estimate of drug-likeness (QED) is 0.686. The zero-order chi connectivity index (χ0) is 10.7. The molecule has 0 radical (unpaired) electrons. The Hall–Kier alpha value is -1.87. The minimum Gasteiger partial charge on any atom is -0.471 e. The molecule has 1 fully saturated rings. The first-order valence-corrected chi connectivity index (χ1v) is 4.69. The van der Waals surface area contributed by atoms with Crippen molar-refractivity contribution in [3.8, 4) is 11.9 Å². The standard InChI is InChI=1S/C9H11N5O/c10-3-7-9(14-8(11)5-13-7)15-6-1-2-12-4-6/h5-6,12H,1-2,4H2,(H2,11,14)/t6-/m1/s1. The average Bonchev–Trinajstić information content (AvgIpc) is 2.71. The molecule has 2 heterocycles. The van der Waals surface area contributed by atoms with E-state index in [4.69, 9.17) is 15.7 Å². The number of anilines is 1. The van der Waals surface area contributed by atoms with Crippen LogP contribution in [-0.2, 0) is 0 Å². The fraction of sp³-hybridized carbons (Fsp3) is 0.444. The Balaban J connectivity index is 2.18. The minimum atomic E-state index is 0.0493. The summed E-state index contributed by atoms with van der Waals surface area (Å²) in [5.41, 5.74) is 5.65. The molecule has 2 rings (SSSR count). The summed E-state index contributed by atoms with van der Waals surface area (Å²) in [6.45, 7) is 1.68. The highest BCUT2D eigenvalue weighted by Gasteiger charge is 2.19. The Morgan fingerprint density at radius 3 is 3.20 bits per heavy atom. The lowest BCUT2D eigenvalue weighted by atomic mass is 10.3. The van der Waals surface area contributed by atoms with Crippen molar-refractivity contribution in [2.24, 2.45) is 0 Å². The van der Waals surface area contributed by atoms with E-state index in [-0.39, 0.29) is 23.5 Å². The molecule has 15 heavy (non-hydrogen) atoms. The van der Waals surface area contributed by atoms with Crippen molar-refractivity contribution in [3.63, 3.8) is 0 Å². The predicted octanol–water partition coefficient (Wildman–Crippen LogP) is -0.329. The lowest BCUT2D eigenvalue weighted by molar-refractivity contribution is 0.212. The van der Waals surface area contributed by atoms with Crippen molar-refractivity contribution in [2.45, 2.75) is 12.5 Å². The van der Waals surface area contributed by atoms with Crippen LogP contribution in [0.2, 0.25) is 0 Å². The van der Waals surface area contributed by atoms with E-state index in [0.29, 0.717) is 0 Å². The topological polar surface area (TPSA) is 96.9 Å². The van der Waals surface area contributed by atoms with Crippen LogP contribution in [0.1, 0.15) is 12.1 Å². The van der Waals surface area contributed by atoms with Crippen molar-refractivity contribution in [3.05, 3.63) is 11.9 Å². The fourth-order valence-electron chi connectivity index (χ4n) is 1.43. The van der Waals surface area contributed by atoms with Gasteiger partial charge in [0, 0.05) is 6.54 Å². The molecular formula is C9H11N5O. The molecule has 1 aliphatic rings. The number of hydrogen-bond donors (Lipinski definition) is 2. The van der Waals surface area contributed by atoms with Gasteiger partial charge < -0.3 is 15.8 Å². The van der Waals surface area contributed by atoms with E-state index in [2.05, 4.69) is 15.3 Å². The van der Waals surface area contributed by atoms with Crippen LogP contribution in [0.25, 0.3) is 0 Å². The molecule has 1 aromatic heterocycles. The Morgan fingerprint density at radius 2 is 2.53 bits per heavy atom. The molecule has 0 saturated carbocycles. The summed E-state index contributed by atoms with van der Waals surface area (Å²) in [4.78, 5) is 7.79. The number of nitrogens with two attached hydrogens (primary N) is 1. The SMILES string of the molecule is N#Cc1ncc(N)nc1O[C@@H]1CCNC1. The van der Waals surface area contributed by atoms with Crippen LogP contribution in [0, 0.1) is 11.3 Å². The first-order chi connectivity index (χ1) is 7.29. The van der Waals surface area contributed by atoms with E-state index >= 15 is 0 Å². The summed E-state index contributed by atoms with van der Waals surface area (Å²) >= 11 is 0. The van der Waals surface area contributed by atoms with Gasteiger partial charge >= 0.3 is 0 Å². The average molecular weight is 205 g/mol. The molecule has 6 heteroatoms. The van der Waals surface area contributed by atoms with Crippen molar-refractivity contribution >= 4 is 5.82 Å². The monoisotopic (exact) mass is 205 g/mol. The number of nitrogen functional groups attached to an aromatic ring is 1. The zero-order valence-corrected chi connectivity index (χ0v) is 8.10. The molecule has 1 aromatic rings. The van der Waals surface area contributed by atoms with Crippen LogP contribution in [0.3, 0.4) is 0 Å². The van der Waals surface area contributed by atoms with E-state index in [1.165, 1.54) is 6.20 Å². The van der Waals surface area contributed by atoms with Gasteiger partial charge in [0.25, 0.3) is 5.88 Å². The molecule has 6 nitrogen and oxygen atoms in total. The van der Waals surface area contributed by atoms with E-state index in [1.807, 2.05) is 6.07 Å². The number of aromatic nitrogens is 2. The van der Waals surface area contributed by atoms with Crippen molar-refractivity contribution < 1.29 is 4.74 Å². The van der Waals surface area contributed by atoms with E-state index in [0.717, 1.165) is 19.5 Å². The molecule has 1 saturated heterocycles. The Kier molecular flexibility index (Phi) is 2.65. The fourth-order valence-corrected chi connectivity index (χ4v) is 1.43. The van der Waals surface area contributed by atoms with Gasteiger partial charge in [-0.1, -0.05) is 0 Å². The normalized spacial score (nSPS) is 19.8. The second kappa shape index (κ2) is 4.11. The van der Waals surface area contributed by atoms with E-state index < -0.39 is 0 Å². The van der Waals surface area contributed by atoms with Gasteiger partial charge in [0.2, 0.25) is 5.69 Å². The van der Waals surface area contributed by atoms with Gasteiger partial charge in [0.1, 0.15) is 18.0 Å². The second-order valence-electron chi connectivity index (χ2n) is 3.29. The highest BCUT2D eigenvalue weighted by molar-refractivity contribution is 5.37. The molecule has 0 bridgehead atoms. The summed E-state index contributed by atoms with van der Waals surface area (Å²) in [5, 5.41) is 12.0. The molecular weight excluding hydrogens is 194 g/mol. The van der Waals surface area contributed by atoms with Crippen molar-refractivity contribution in [1.82, 2.24) is 15.3 Å². The van der Waals surface area contributed by atoms with Crippen LogP contribution in [0.5, 0.6) is 5.88 Å². The van der Waals surface area contributed by atoms with Gasteiger partial charge in [-0.05, 0) is 13.0 Å². The number of rotatable bonds is 2. The second-order valence-corrected chi connectivity index (χ2v) is 3.29. The number of ether oxygens (including phenoxy) is 1. The highest BCUT2D eigenvalue weighted by Crippen LogP contribution is 2.16. The third-order valence-electron chi connectivity index (χ3n) is 2.16. The van der Waals surface area contributed by atoms with Gasteiger partial charge in [-0.15, -0.1) is 0 Å². The van der Waals surface area contributed by atoms with Gasteiger partial charge in [-0.3, -0.25) is 0 Å². The minimum absolute atomic E-state index is 0.0493. The number of nitriles is 1. The lowest BCUT2D eigenvalue weighted by Crippen LogP contribution is -2.21. The molecule has 0 spiro atoms. The van der Waals surface area contributed by atoms with E-state index in [9.17, 15) is 0 Å². The largest absolute Gasteiger partial charge is 0.471 e. The molecule has 0 aromatic carbocycles. The molecule has 1 atom stereocenters. The number of nitrogens with zero attached hydrogens (tertiary/aromatic N) is 3. The first-order valence-electron chi connectivity index (χ1n) is 4.69. The maximum absolute atomic E-state index is 8.79. The maximum atomic E-state index is 8.79. The Labute approximate surface area is 87.1 Å². The number of hydrogen-bond acceptors (Lipinski definition) is 6. The van der Waals surface area contributed by atoms with Crippen LogP contribution in [0.4, 0.5) is 5.82 Å². The van der Waals surface area contributed by atoms with E-state index in [1.54, 1.807) is 0 Å². The maximum Gasteiger partial charge on any atom is 0.253 e. The first kappa shape index (κ1) is 9.68. The van der Waals surface area contributed by atoms with Gasteiger partial charge in [-0.25, -0.2) is 4.98 Å². The highest BCUT2D eigenvalue weighted by atomic mass is 16.5. The summed E-state index contributed by atoms with van der Waals surface area (Å²) in [5.74, 6) is 0.487. The molecule has 0 unspecified atom stereocenters. The lowest BCUT2D eigenvalue weighted by Gasteiger charge is -2.11. The van der Waals surface area contributed by atoms with Crippen LogP contribution >= 0.6 is 0 Å². The van der Waals surface area contributed by atoms with Crippen LogP contribution in [0.15, 0.2) is 6.20 Å². The molecule has 3 N–H and O–H groups in total. The third-order valence-corrected chi connectivity index (χ3v) is 2.16. The summed E-state index contributed by atoms with van der Waals surface area (Å²) in [6, 6.07) is 1.92. The van der Waals surface area contributed by atoms with Crippen molar-refractivity contribution in [2.75, 3.05) is 18.8 Å². The molecule has 1 aliphatic heterocycles. The smallest absolute Gasteiger partial charge is 0.253 e. The molecule has 78 valence electrons. The van der Waals surface area contributed by atoms with Gasteiger partial charge in [-0.2, -0.15) is 10.2 Å². The Morgan fingerprint density at radius 1 is 1.67 bits per heavy atom. The van der Waals surface area contributed by atoms with Crippen molar-refractivity contribution in [1.29, 1.82) is 5.26 Å². The van der Waals surface area contributed by atoms with Gasteiger partial charge in [0.05, 0.1) is 6.20 Å². The predicted molar refractivity (Wildman–Crippen MR) is 53.1 cm³/mol.